The summed E-state index contributed by atoms with van der Waals surface area (Å²) in [4.78, 5) is 23.6. The highest BCUT2D eigenvalue weighted by Gasteiger charge is 2.32. The van der Waals surface area contributed by atoms with E-state index in [2.05, 4.69) is 19.4 Å². The molecule has 4 rings (SSSR count). The van der Waals surface area contributed by atoms with Crippen molar-refractivity contribution >= 4 is 5.91 Å². The van der Waals surface area contributed by atoms with Gasteiger partial charge in [0.1, 0.15) is 5.82 Å². The number of carbonyl (C=O) groups is 1. The normalized spacial score (nSPS) is 21.6. The number of rotatable bonds is 4. The standard InChI is InChI=1S/C20H26N4O/c25-20(17-4-1-2-5-17)24-12-3-6-18(15-24)19-22-11-13-23(19)14-16-7-9-21-10-8-16/h7-11,13,17-18H,1-6,12,14-15H2/t18-/m1/s1. The number of hydrogen-bond donors (Lipinski definition) is 0. The fourth-order valence-electron chi connectivity index (χ4n) is 4.32. The van der Waals surface area contributed by atoms with Gasteiger partial charge in [-0.3, -0.25) is 9.78 Å². The van der Waals surface area contributed by atoms with Crippen molar-refractivity contribution in [1.29, 1.82) is 0 Å². The zero-order chi connectivity index (χ0) is 17.1. The summed E-state index contributed by atoms with van der Waals surface area (Å²) in [6, 6.07) is 4.08. The van der Waals surface area contributed by atoms with Crippen LogP contribution in [0.5, 0.6) is 0 Å². The van der Waals surface area contributed by atoms with Gasteiger partial charge in [0.25, 0.3) is 0 Å². The van der Waals surface area contributed by atoms with E-state index in [0.717, 1.165) is 51.1 Å². The second-order valence-electron chi connectivity index (χ2n) is 7.37. The van der Waals surface area contributed by atoms with Crippen molar-refractivity contribution in [2.75, 3.05) is 13.1 Å². The van der Waals surface area contributed by atoms with Crippen LogP contribution in [0.15, 0.2) is 36.9 Å². The highest BCUT2D eigenvalue weighted by Crippen LogP contribution is 2.31. The van der Waals surface area contributed by atoms with Crippen LogP contribution in [0.4, 0.5) is 0 Å². The molecule has 2 fully saturated rings. The maximum atomic E-state index is 12.8. The maximum absolute atomic E-state index is 12.8. The van der Waals surface area contributed by atoms with E-state index in [-0.39, 0.29) is 5.92 Å². The monoisotopic (exact) mass is 338 g/mol. The summed E-state index contributed by atoms with van der Waals surface area (Å²) in [6.45, 7) is 2.55. The summed E-state index contributed by atoms with van der Waals surface area (Å²) in [6.07, 6.45) is 14.4. The smallest absolute Gasteiger partial charge is 0.225 e. The largest absolute Gasteiger partial charge is 0.342 e. The van der Waals surface area contributed by atoms with Crippen molar-refractivity contribution in [1.82, 2.24) is 19.4 Å². The Morgan fingerprint density at radius 3 is 2.68 bits per heavy atom. The summed E-state index contributed by atoms with van der Waals surface area (Å²) in [7, 11) is 0. The highest BCUT2D eigenvalue weighted by molar-refractivity contribution is 5.79. The van der Waals surface area contributed by atoms with E-state index in [1.54, 1.807) is 0 Å². The number of likely N-dealkylation sites (tertiary alicyclic amines) is 1. The van der Waals surface area contributed by atoms with Gasteiger partial charge in [-0.15, -0.1) is 0 Å². The minimum atomic E-state index is 0.273. The molecule has 5 nitrogen and oxygen atoms in total. The Kier molecular flexibility index (Phi) is 4.81. The Morgan fingerprint density at radius 1 is 1.08 bits per heavy atom. The van der Waals surface area contributed by atoms with E-state index in [4.69, 9.17) is 0 Å². The van der Waals surface area contributed by atoms with E-state index in [0.29, 0.717) is 11.8 Å². The van der Waals surface area contributed by atoms with Crippen LogP contribution < -0.4 is 0 Å². The molecule has 0 bridgehead atoms. The lowest BCUT2D eigenvalue weighted by molar-refractivity contribution is -0.136. The first-order valence-electron chi connectivity index (χ1n) is 9.50. The lowest BCUT2D eigenvalue weighted by atomic mass is 9.95. The van der Waals surface area contributed by atoms with Crippen molar-refractivity contribution in [3.8, 4) is 0 Å². The second-order valence-corrected chi connectivity index (χ2v) is 7.37. The van der Waals surface area contributed by atoms with E-state index < -0.39 is 0 Å². The molecule has 0 aromatic carbocycles. The van der Waals surface area contributed by atoms with Crippen LogP contribution in [0.1, 0.15) is 55.8 Å². The zero-order valence-electron chi connectivity index (χ0n) is 14.7. The minimum Gasteiger partial charge on any atom is -0.342 e. The van der Waals surface area contributed by atoms with Gasteiger partial charge >= 0.3 is 0 Å². The maximum Gasteiger partial charge on any atom is 0.225 e. The second kappa shape index (κ2) is 7.38. The van der Waals surface area contributed by atoms with Crippen LogP contribution in [0.3, 0.4) is 0 Å². The van der Waals surface area contributed by atoms with Crippen molar-refractivity contribution < 1.29 is 4.79 Å². The van der Waals surface area contributed by atoms with Gasteiger partial charge in [0.05, 0.1) is 0 Å². The summed E-state index contributed by atoms with van der Waals surface area (Å²) in [5.74, 6) is 2.11. The number of carbonyl (C=O) groups excluding carboxylic acids is 1. The molecule has 5 heteroatoms. The molecule has 132 valence electrons. The molecule has 2 aliphatic rings. The quantitative estimate of drug-likeness (QED) is 0.860. The molecule has 0 N–H and O–H groups in total. The van der Waals surface area contributed by atoms with Crippen LogP contribution in [0.25, 0.3) is 0 Å². The van der Waals surface area contributed by atoms with Crippen molar-refractivity contribution in [2.45, 2.75) is 51.0 Å². The molecular weight excluding hydrogens is 312 g/mol. The number of amides is 1. The highest BCUT2D eigenvalue weighted by atomic mass is 16.2. The van der Waals surface area contributed by atoms with Crippen LogP contribution in [0.2, 0.25) is 0 Å². The Labute approximate surface area is 149 Å². The lowest BCUT2D eigenvalue weighted by Gasteiger charge is -2.34. The Hall–Kier alpha value is -2.17. The minimum absolute atomic E-state index is 0.273. The van der Waals surface area contributed by atoms with Crippen LogP contribution >= 0.6 is 0 Å². The number of aromatic nitrogens is 3. The molecule has 1 atom stereocenters. The molecule has 1 saturated heterocycles. The summed E-state index contributed by atoms with van der Waals surface area (Å²) in [5.41, 5.74) is 1.23. The molecule has 1 aliphatic carbocycles. The topological polar surface area (TPSA) is 51.0 Å². The number of hydrogen-bond acceptors (Lipinski definition) is 3. The summed E-state index contributed by atoms with van der Waals surface area (Å²) < 4.78 is 2.23. The van der Waals surface area contributed by atoms with E-state index in [1.807, 2.05) is 36.9 Å². The van der Waals surface area contributed by atoms with Gasteiger partial charge in [-0.25, -0.2) is 4.98 Å². The molecule has 0 spiro atoms. The van der Waals surface area contributed by atoms with Gasteiger partial charge in [-0.1, -0.05) is 12.8 Å². The first kappa shape index (κ1) is 16.3. The first-order chi connectivity index (χ1) is 12.3. The van der Waals surface area contributed by atoms with Gasteiger partial charge in [0.2, 0.25) is 5.91 Å². The fraction of sp³-hybridized carbons (Fsp3) is 0.550. The van der Waals surface area contributed by atoms with Crippen LogP contribution in [-0.2, 0) is 11.3 Å². The molecular formula is C20H26N4O. The zero-order valence-corrected chi connectivity index (χ0v) is 14.7. The molecule has 0 radical (unpaired) electrons. The number of pyridine rings is 1. The third-order valence-electron chi connectivity index (χ3n) is 5.65. The third-order valence-corrected chi connectivity index (χ3v) is 5.65. The number of nitrogens with zero attached hydrogens (tertiary/aromatic N) is 4. The number of piperidine rings is 1. The average molecular weight is 338 g/mol. The van der Waals surface area contributed by atoms with Gasteiger partial charge in [0, 0.05) is 56.3 Å². The number of imidazole rings is 1. The fourth-order valence-corrected chi connectivity index (χ4v) is 4.32. The van der Waals surface area contributed by atoms with Crippen molar-refractivity contribution in [3.05, 3.63) is 48.3 Å². The Bertz CT molecular complexity index is 705. The first-order valence-corrected chi connectivity index (χ1v) is 9.50. The molecule has 2 aromatic heterocycles. The predicted octanol–water partition coefficient (Wildman–Crippen LogP) is 3.22. The summed E-state index contributed by atoms with van der Waals surface area (Å²) >= 11 is 0. The Balaban J connectivity index is 1.46. The Morgan fingerprint density at radius 2 is 1.88 bits per heavy atom. The van der Waals surface area contributed by atoms with Gasteiger partial charge in [0.15, 0.2) is 0 Å². The molecule has 3 heterocycles. The summed E-state index contributed by atoms with van der Waals surface area (Å²) in [5, 5.41) is 0. The molecule has 25 heavy (non-hydrogen) atoms. The third kappa shape index (κ3) is 3.60. The molecule has 2 aromatic rings. The van der Waals surface area contributed by atoms with Gasteiger partial charge in [-0.2, -0.15) is 0 Å². The SMILES string of the molecule is O=C(C1CCCC1)N1CCC[C@@H](c2nccn2Cc2ccncc2)C1. The van der Waals surface area contributed by atoms with E-state index in [1.165, 1.54) is 18.4 Å². The molecule has 0 unspecified atom stereocenters. The van der Waals surface area contributed by atoms with Gasteiger partial charge < -0.3 is 9.47 Å². The van der Waals surface area contributed by atoms with Crippen molar-refractivity contribution in [2.24, 2.45) is 5.92 Å². The van der Waals surface area contributed by atoms with Crippen LogP contribution in [-0.4, -0.2) is 38.4 Å². The molecule has 1 aliphatic heterocycles. The van der Waals surface area contributed by atoms with Crippen molar-refractivity contribution in [3.63, 3.8) is 0 Å². The molecule has 1 amide bonds. The predicted molar refractivity (Wildman–Crippen MR) is 96.1 cm³/mol. The van der Waals surface area contributed by atoms with Crippen LogP contribution in [0, 0.1) is 5.92 Å². The lowest BCUT2D eigenvalue weighted by Crippen LogP contribution is -2.42. The molecule has 1 saturated carbocycles. The average Bonchev–Trinajstić information content (AvgIpc) is 3.34. The van der Waals surface area contributed by atoms with Gasteiger partial charge in [-0.05, 0) is 43.4 Å². The van der Waals surface area contributed by atoms with E-state index >= 15 is 0 Å². The van der Waals surface area contributed by atoms with E-state index in [9.17, 15) is 4.79 Å².